The first-order valence-electron chi connectivity index (χ1n) is 6.66. The Balaban J connectivity index is 2.16. The van der Waals surface area contributed by atoms with Gasteiger partial charge in [-0.3, -0.25) is 4.31 Å². The third-order valence-electron chi connectivity index (χ3n) is 3.59. The lowest BCUT2D eigenvalue weighted by atomic mass is 10.0. The van der Waals surface area contributed by atoms with Crippen LogP contribution in [0.1, 0.15) is 12.0 Å². The van der Waals surface area contributed by atoms with E-state index in [2.05, 4.69) is 0 Å². The number of aryl methyl sites for hydroxylation is 1. The summed E-state index contributed by atoms with van der Waals surface area (Å²) in [6.07, 6.45) is 1.13. The van der Waals surface area contributed by atoms with Crippen LogP contribution >= 0.6 is 11.6 Å². The summed E-state index contributed by atoms with van der Waals surface area (Å²) in [5.74, 6) is -1.58. The van der Waals surface area contributed by atoms with Gasteiger partial charge < -0.3 is 0 Å². The third-order valence-corrected chi connectivity index (χ3v) is 5.66. The van der Waals surface area contributed by atoms with Gasteiger partial charge in [-0.05, 0) is 42.7 Å². The second kappa shape index (κ2) is 5.52. The largest absolute Gasteiger partial charge is 0.267 e. The van der Waals surface area contributed by atoms with E-state index < -0.39 is 26.6 Å². The van der Waals surface area contributed by atoms with Crippen LogP contribution in [0.15, 0.2) is 41.3 Å². The molecule has 0 saturated heterocycles. The minimum atomic E-state index is -4.19. The number of benzene rings is 2. The molecular formula is C15H12ClF2NO2S. The van der Waals surface area contributed by atoms with Crippen molar-refractivity contribution in [1.29, 1.82) is 0 Å². The zero-order chi connectivity index (χ0) is 15.9. The Morgan fingerprint density at radius 3 is 2.59 bits per heavy atom. The lowest BCUT2D eigenvalue weighted by Crippen LogP contribution is -2.36. The average Bonchev–Trinajstić information content (AvgIpc) is 2.46. The summed E-state index contributed by atoms with van der Waals surface area (Å²) in [4.78, 5) is -0.506. The van der Waals surface area contributed by atoms with E-state index in [1.807, 2.05) is 0 Å². The Kier molecular flexibility index (Phi) is 3.82. The monoisotopic (exact) mass is 343 g/mol. The molecule has 0 spiro atoms. The average molecular weight is 344 g/mol. The molecular weight excluding hydrogens is 332 g/mol. The van der Waals surface area contributed by atoms with Crippen LogP contribution in [0.4, 0.5) is 14.5 Å². The van der Waals surface area contributed by atoms with E-state index in [0.717, 1.165) is 16.4 Å². The molecule has 1 heterocycles. The fourth-order valence-electron chi connectivity index (χ4n) is 2.61. The van der Waals surface area contributed by atoms with E-state index in [-0.39, 0.29) is 17.3 Å². The Morgan fingerprint density at radius 1 is 1.09 bits per heavy atom. The molecule has 0 radical (unpaired) electrons. The molecule has 2 aromatic rings. The van der Waals surface area contributed by atoms with Crippen LogP contribution in [0.2, 0.25) is 5.02 Å². The van der Waals surface area contributed by atoms with Crippen molar-refractivity contribution in [2.75, 3.05) is 10.8 Å². The standard InChI is InChI=1S/C15H12ClF2NO2S/c16-11-6-7-14(13(18)9-11)22(20,21)19-8-2-4-10-3-1-5-12(17)15(10)19/h1,3,5-7,9H,2,4,8H2. The maximum atomic E-state index is 14.1. The van der Waals surface area contributed by atoms with Gasteiger partial charge in [-0.25, -0.2) is 17.2 Å². The van der Waals surface area contributed by atoms with Crippen molar-refractivity contribution < 1.29 is 17.2 Å². The molecule has 2 aromatic carbocycles. The normalized spacial score (nSPS) is 14.8. The molecule has 0 atom stereocenters. The fraction of sp³-hybridized carbons (Fsp3) is 0.200. The van der Waals surface area contributed by atoms with Crippen LogP contribution in [0, 0.1) is 11.6 Å². The Hall–Kier alpha value is -1.66. The van der Waals surface area contributed by atoms with E-state index >= 15 is 0 Å². The summed E-state index contributed by atoms with van der Waals surface area (Å²) in [6, 6.07) is 7.74. The van der Waals surface area contributed by atoms with Crippen molar-refractivity contribution in [1.82, 2.24) is 0 Å². The number of sulfonamides is 1. The summed E-state index contributed by atoms with van der Waals surface area (Å²) in [5, 5.41) is 0.0988. The number of halogens is 3. The molecule has 0 aliphatic carbocycles. The van der Waals surface area contributed by atoms with E-state index in [9.17, 15) is 17.2 Å². The summed E-state index contributed by atoms with van der Waals surface area (Å²) >= 11 is 5.65. The van der Waals surface area contributed by atoms with Crippen molar-refractivity contribution in [2.24, 2.45) is 0 Å². The first-order chi connectivity index (χ1) is 10.4. The Labute approximate surface area is 132 Å². The summed E-state index contributed by atoms with van der Waals surface area (Å²) in [7, 11) is -4.19. The minimum absolute atomic E-state index is 0.00287. The lowest BCUT2D eigenvalue weighted by molar-refractivity contribution is 0.556. The molecule has 7 heteroatoms. The SMILES string of the molecule is O=S(=O)(c1ccc(Cl)cc1F)N1CCCc2cccc(F)c21. The number of rotatable bonds is 2. The molecule has 0 amide bonds. The highest BCUT2D eigenvalue weighted by Crippen LogP contribution is 2.35. The van der Waals surface area contributed by atoms with Crippen LogP contribution < -0.4 is 4.31 Å². The van der Waals surface area contributed by atoms with Gasteiger partial charge in [0.1, 0.15) is 16.5 Å². The number of hydrogen-bond donors (Lipinski definition) is 0. The number of nitrogens with zero attached hydrogens (tertiary/aromatic N) is 1. The van der Waals surface area contributed by atoms with Gasteiger partial charge in [0.2, 0.25) is 0 Å². The minimum Gasteiger partial charge on any atom is -0.263 e. The van der Waals surface area contributed by atoms with E-state index in [4.69, 9.17) is 11.6 Å². The van der Waals surface area contributed by atoms with Crippen LogP contribution in [0.3, 0.4) is 0 Å². The highest BCUT2D eigenvalue weighted by Gasteiger charge is 2.33. The van der Waals surface area contributed by atoms with Gasteiger partial charge in [-0.2, -0.15) is 0 Å². The van der Waals surface area contributed by atoms with Crippen molar-refractivity contribution >= 4 is 27.3 Å². The number of fused-ring (bicyclic) bond motifs is 1. The van der Waals surface area contributed by atoms with Crippen molar-refractivity contribution in [3.63, 3.8) is 0 Å². The first kappa shape index (κ1) is 15.2. The quantitative estimate of drug-likeness (QED) is 0.832. The molecule has 1 aliphatic heterocycles. The molecule has 116 valence electrons. The fourth-order valence-corrected chi connectivity index (χ4v) is 4.37. The second-order valence-corrected chi connectivity index (χ2v) is 7.27. The van der Waals surface area contributed by atoms with Gasteiger partial charge in [-0.1, -0.05) is 23.7 Å². The van der Waals surface area contributed by atoms with Crippen LogP contribution in [-0.4, -0.2) is 15.0 Å². The molecule has 0 fully saturated rings. The highest BCUT2D eigenvalue weighted by molar-refractivity contribution is 7.92. The number of hydrogen-bond acceptors (Lipinski definition) is 2. The molecule has 0 bridgehead atoms. The van der Waals surface area contributed by atoms with Crippen LogP contribution in [0.5, 0.6) is 0 Å². The van der Waals surface area contributed by atoms with Gasteiger partial charge in [0.15, 0.2) is 0 Å². The first-order valence-corrected chi connectivity index (χ1v) is 8.48. The van der Waals surface area contributed by atoms with Crippen molar-refractivity contribution in [2.45, 2.75) is 17.7 Å². The Morgan fingerprint density at radius 2 is 1.86 bits per heavy atom. The van der Waals surface area contributed by atoms with E-state index in [0.29, 0.717) is 18.4 Å². The lowest BCUT2D eigenvalue weighted by Gasteiger charge is -2.30. The number of anilines is 1. The van der Waals surface area contributed by atoms with E-state index in [1.165, 1.54) is 18.2 Å². The van der Waals surface area contributed by atoms with Gasteiger partial charge in [0.25, 0.3) is 10.0 Å². The van der Waals surface area contributed by atoms with Gasteiger partial charge in [-0.15, -0.1) is 0 Å². The predicted octanol–water partition coefficient (Wildman–Crippen LogP) is 3.76. The molecule has 0 N–H and O–H groups in total. The highest BCUT2D eigenvalue weighted by atomic mass is 35.5. The van der Waals surface area contributed by atoms with Crippen molar-refractivity contribution in [3.05, 3.63) is 58.6 Å². The molecule has 22 heavy (non-hydrogen) atoms. The smallest absolute Gasteiger partial charge is 0.263 e. The maximum Gasteiger partial charge on any atom is 0.267 e. The molecule has 0 unspecified atom stereocenters. The number of para-hydroxylation sites is 1. The predicted molar refractivity (Wildman–Crippen MR) is 80.7 cm³/mol. The van der Waals surface area contributed by atoms with Gasteiger partial charge in [0.05, 0.1) is 5.69 Å². The van der Waals surface area contributed by atoms with E-state index in [1.54, 1.807) is 6.07 Å². The molecule has 1 aliphatic rings. The van der Waals surface area contributed by atoms with Gasteiger partial charge >= 0.3 is 0 Å². The van der Waals surface area contributed by atoms with Crippen LogP contribution in [0.25, 0.3) is 0 Å². The second-order valence-electron chi connectivity index (χ2n) is 5.00. The molecule has 3 rings (SSSR count). The third kappa shape index (κ3) is 2.46. The summed E-state index contributed by atoms with van der Waals surface area (Å²) < 4.78 is 54.5. The Bertz CT molecular complexity index is 839. The molecule has 0 saturated carbocycles. The zero-order valence-electron chi connectivity index (χ0n) is 11.4. The maximum absolute atomic E-state index is 14.1. The summed E-state index contributed by atoms with van der Waals surface area (Å²) in [6.45, 7) is 0.109. The van der Waals surface area contributed by atoms with Gasteiger partial charge in [0, 0.05) is 11.6 Å². The topological polar surface area (TPSA) is 37.4 Å². The zero-order valence-corrected chi connectivity index (χ0v) is 13.0. The molecule has 0 aromatic heterocycles. The van der Waals surface area contributed by atoms with Crippen molar-refractivity contribution in [3.8, 4) is 0 Å². The van der Waals surface area contributed by atoms with Crippen LogP contribution in [-0.2, 0) is 16.4 Å². The molecule has 3 nitrogen and oxygen atoms in total. The summed E-state index contributed by atoms with van der Waals surface area (Å²) in [5.41, 5.74) is 0.604.